The van der Waals surface area contributed by atoms with Crippen molar-refractivity contribution >= 4 is 35.0 Å². The van der Waals surface area contributed by atoms with Gasteiger partial charge in [-0.2, -0.15) is 16.9 Å². The Hall–Kier alpha value is -1.53. The fourth-order valence-corrected chi connectivity index (χ4v) is 2.86. The van der Waals surface area contributed by atoms with E-state index in [1.54, 1.807) is 47.0 Å². The molecule has 0 N–H and O–H groups in total. The van der Waals surface area contributed by atoms with Gasteiger partial charge in [0.05, 0.1) is 18.1 Å². The van der Waals surface area contributed by atoms with Crippen LogP contribution in [0.2, 0.25) is 5.15 Å². The number of pyridine rings is 1. The molecule has 2 heterocycles. The van der Waals surface area contributed by atoms with Crippen LogP contribution in [0.1, 0.15) is 6.92 Å². The normalized spacial score (nSPS) is 12.2. The molecule has 0 saturated heterocycles. The number of amides is 1. The molecule has 0 aliphatic carbocycles. The predicted octanol–water partition coefficient (Wildman–Crippen LogP) is 2.88. The lowest BCUT2D eigenvalue weighted by Gasteiger charge is -2.19. The first-order valence-corrected chi connectivity index (χ1v) is 8.24. The molecule has 1 amide bonds. The van der Waals surface area contributed by atoms with E-state index in [-0.39, 0.29) is 11.8 Å². The van der Waals surface area contributed by atoms with Crippen LogP contribution in [0.25, 0.3) is 5.69 Å². The SMILES string of the molecule is CSCC(C)C(=O)N(C)c1cn(-c2cccnc2)nc1Cl. The lowest BCUT2D eigenvalue weighted by atomic mass is 10.2. The molecule has 0 fully saturated rings. The first kappa shape index (κ1) is 15.9. The second kappa shape index (κ2) is 6.95. The van der Waals surface area contributed by atoms with Crippen LogP contribution in [0.15, 0.2) is 30.7 Å². The Morgan fingerprint density at radius 1 is 1.57 bits per heavy atom. The van der Waals surface area contributed by atoms with Gasteiger partial charge in [0.15, 0.2) is 5.15 Å². The van der Waals surface area contributed by atoms with Gasteiger partial charge in [-0.25, -0.2) is 4.68 Å². The molecule has 0 saturated carbocycles. The Morgan fingerprint density at radius 2 is 2.33 bits per heavy atom. The Balaban J connectivity index is 2.25. The van der Waals surface area contributed by atoms with Crippen molar-refractivity contribution in [2.24, 2.45) is 5.92 Å². The smallest absolute Gasteiger partial charge is 0.230 e. The van der Waals surface area contributed by atoms with Crippen molar-refractivity contribution in [1.82, 2.24) is 14.8 Å². The van der Waals surface area contributed by atoms with Crippen LogP contribution in [-0.2, 0) is 4.79 Å². The molecule has 7 heteroatoms. The van der Waals surface area contributed by atoms with Gasteiger partial charge in [-0.1, -0.05) is 18.5 Å². The maximum atomic E-state index is 12.3. The molecule has 0 radical (unpaired) electrons. The van der Waals surface area contributed by atoms with E-state index in [9.17, 15) is 4.79 Å². The highest BCUT2D eigenvalue weighted by Gasteiger charge is 2.22. The van der Waals surface area contributed by atoms with Gasteiger partial charge >= 0.3 is 0 Å². The average molecular weight is 325 g/mol. The number of rotatable bonds is 5. The molecule has 0 bridgehead atoms. The van der Waals surface area contributed by atoms with Crippen LogP contribution in [0.5, 0.6) is 0 Å². The van der Waals surface area contributed by atoms with Crippen LogP contribution in [0.3, 0.4) is 0 Å². The van der Waals surface area contributed by atoms with Gasteiger partial charge in [0.25, 0.3) is 0 Å². The van der Waals surface area contributed by atoms with E-state index in [1.165, 1.54) is 0 Å². The van der Waals surface area contributed by atoms with E-state index in [2.05, 4.69) is 10.1 Å². The van der Waals surface area contributed by atoms with E-state index in [4.69, 9.17) is 11.6 Å². The first-order valence-electron chi connectivity index (χ1n) is 6.46. The van der Waals surface area contributed by atoms with Crippen LogP contribution < -0.4 is 4.90 Å². The molecule has 0 aromatic carbocycles. The lowest BCUT2D eigenvalue weighted by Crippen LogP contribution is -2.32. The molecule has 2 aromatic heterocycles. The summed E-state index contributed by atoms with van der Waals surface area (Å²) in [6.45, 7) is 1.91. The van der Waals surface area contributed by atoms with Crippen molar-refractivity contribution in [2.75, 3.05) is 24.0 Å². The van der Waals surface area contributed by atoms with E-state index < -0.39 is 0 Å². The highest BCUT2D eigenvalue weighted by Crippen LogP contribution is 2.26. The number of nitrogens with zero attached hydrogens (tertiary/aromatic N) is 4. The molecule has 2 aromatic rings. The van der Waals surface area contributed by atoms with Crippen molar-refractivity contribution < 1.29 is 4.79 Å². The largest absolute Gasteiger partial charge is 0.311 e. The minimum atomic E-state index is -0.0668. The van der Waals surface area contributed by atoms with Gasteiger partial charge in [-0.3, -0.25) is 9.78 Å². The zero-order valence-electron chi connectivity index (χ0n) is 12.2. The fraction of sp³-hybridized carbons (Fsp3) is 0.357. The lowest BCUT2D eigenvalue weighted by molar-refractivity contribution is -0.120. The molecule has 5 nitrogen and oxygen atoms in total. The zero-order chi connectivity index (χ0) is 15.4. The third-order valence-corrected chi connectivity index (χ3v) is 4.19. The summed E-state index contributed by atoms with van der Waals surface area (Å²) in [5.41, 5.74) is 1.39. The standard InChI is InChI=1S/C14H17ClN4OS/c1-10(9-21-3)14(20)18(2)12-8-19(17-13(12)15)11-5-4-6-16-7-11/h4-8,10H,9H2,1-3H3. The van der Waals surface area contributed by atoms with Crippen LogP contribution in [0, 0.1) is 5.92 Å². The first-order chi connectivity index (χ1) is 10.0. The highest BCUT2D eigenvalue weighted by molar-refractivity contribution is 7.98. The number of anilines is 1. The number of halogens is 1. The Bertz CT molecular complexity index is 617. The predicted molar refractivity (Wildman–Crippen MR) is 87.3 cm³/mol. The third kappa shape index (κ3) is 3.57. The number of thioether (sulfide) groups is 1. The molecule has 2 rings (SSSR count). The van der Waals surface area contributed by atoms with Crippen molar-refractivity contribution in [3.8, 4) is 5.69 Å². The minimum Gasteiger partial charge on any atom is -0.311 e. The number of carbonyl (C=O) groups is 1. The van der Waals surface area contributed by atoms with Crippen molar-refractivity contribution in [3.05, 3.63) is 35.9 Å². The summed E-state index contributed by atoms with van der Waals surface area (Å²) in [4.78, 5) is 17.9. The maximum Gasteiger partial charge on any atom is 0.230 e. The maximum absolute atomic E-state index is 12.3. The molecular formula is C14H17ClN4OS. The molecule has 0 aliphatic heterocycles. The Morgan fingerprint density at radius 3 is 2.95 bits per heavy atom. The van der Waals surface area contributed by atoms with Gasteiger partial charge in [0.2, 0.25) is 5.91 Å². The molecule has 21 heavy (non-hydrogen) atoms. The Labute approximate surface area is 133 Å². The summed E-state index contributed by atoms with van der Waals surface area (Å²) in [5, 5.41) is 4.53. The second-order valence-electron chi connectivity index (χ2n) is 4.71. The fourth-order valence-electron chi connectivity index (χ4n) is 1.96. The second-order valence-corrected chi connectivity index (χ2v) is 5.98. The summed E-state index contributed by atoms with van der Waals surface area (Å²) in [5.74, 6) is 0.733. The van der Waals surface area contributed by atoms with Crippen LogP contribution in [-0.4, -0.2) is 39.7 Å². The zero-order valence-corrected chi connectivity index (χ0v) is 13.7. The monoisotopic (exact) mass is 324 g/mol. The van der Waals surface area contributed by atoms with Gasteiger partial charge in [-0.05, 0) is 18.4 Å². The van der Waals surface area contributed by atoms with Gasteiger partial charge in [0.1, 0.15) is 5.69 Å². The van der Waals surface area contributed by atoms with Gasteiger partial charge in [-0.15, -0.1) is 0 Å². The number of hydrogen-bond donors (Lipinski definition) is 0. The summed E-state index contributed by atoms with van der Waals surface area (Å²) in [6.07, 6.45) is 7.10. The highest BCUT2D eigenvalue weighted by atomic mass is 35.5. The molecule has 112 valence electrons. The number of aromatic nitrogens is 3. The van der Waals surface area contributed by atoms with Crippen LogP contribution in [0.4, 0.5) is 5.69 Å². The Kier molecular flexibility index (Phi) is 5.25. The van der Waals surface area contributed by atoms with E-state index >= 15 is 0 Å². The summed E-state index contributed by atoms with van der Waals surface area (Å²) >= 11 is 7.81. The summed E-state index contributed by atoms with van der Waals surface area (Å²) in [6, 6.07) is 3.69. The minimum absolute atomic E-state index is 0.0250. The van der Waals surface area contributed by atoms with Crippen molar-refractivity contribution in [2.45, 2.75) is 6.92 Å². The van der Waals surface area contributed by atoms with Gasteiger partial charge < -0.3 is 4.90 Å². The summed E-state index contributed by atoms with van der Waals surface area (Å²) < 4.78 is 1.62. The van der Waals surface area contributed by atoms with Gasteiger partial charge in [0, 0.05) is 24.9 Å². The quantitative estimate of drug-likeness (QED) is 0.848. The average Bonchev–Trinajstić information content (AvgIpc) is 2.89. The van der Waals surface area contributed by atoms with Crippen LogP contribution >= 0.6 is 23.4 Å². The van der Waals surface area contributed by atoms with E-state index in [0.717, 1.165) is 11.4 Å². The topological polar surface area (TPSA) is 51.0 Å². The molecular weight excluding hydrogens is 308 g/mol. The molecule has 0 spiro atoms. The van der Waals surface area contributed by atoms with Crippen molar-refractivity contribution in [1.29, 1.82) is 0 Å². The molecule has 0 aliphatic rings. The third-order valence-electron chi connectivity index (χ3n) is 3.09. The van der Waals surface area contributed by atoms with E-state index in [1.807, 2.05) is 25.3 Å². The molecule has 1 atom stereocenters. The van der Waals surface area contributed by atoms with Crippen molar-refractivity contribution in [3.63, 3.8) is 0 Å². The summed E-state index contributed by atoms with van der Waals surface area (Å²) in [7, 11) is 1.72. The molecule has 1 unspecified atom stereocenters. The number of carbonyl (C=O) groups excluding carboxylic acids is 1. The number of hydrogen-bond acceptors (Lipinski definition) is 4. The van der Waals surface area contributed by atoms with E-state index in [0.29, 0.717) is 10.8 Å².